The van der Waals surface area contributed by atoms with Crippen molar-refractivity contribution in [1.29, 1.82) is 5.41 Å². The van der Waals surface area contributed by atoms with Crippen LogP contribution in [-0.2, 0) is 0 Å². The number of nitrogens with one attached hydrogen (secondary N) is 2. The molecule has 0 bridgehead atoms. The Labute approximate surface area is 66.0 Å². The third kappa shape index (κ3) is 1.77. The van der Waals surface area contributed by atoms with E-state index in [0.717, 1.165) is 11.3 Å². The normalized spacial score (nSPS) is 20.4. The molecule has 0 amide bonds. The van der Waals surface area contributed by atoms with Crippen LogP contribution in [0.2, 0.25) is 0 Å². The highest BCUT2D eigenvalue weighted by Gasteiger charge is 2.03. The molecule has 0 aromatic carbocycles. The highest BCUT2D eigenvalue weighted by molar-refractivity contribution is 6.38. The number of nitrogens with zero attached hydrogens (tertiary/aromatic N) is 1. The van der Waals surface area contributed by atoms with Crippen LogP contribution < -0.4 is 5.32 Å². The summed E-state index contributed by atoms with van der Waals surface area (Å²) in [4.78, 5) is 3.99. The van der Waals surface area contributed by atoms with Crippen LogP contribution in [0.5, 0.6) is 0 Å². The number of aliphatic imine (C=N–C) groups is 1. The maximum Gasteiger partial charge on any atom is 0.0810 e. The molecule has 0 saturated carbocycles. The smallest absolute Gasteiger partial charge is 0.0810 e. The monoisotopic (exact) mass is 149 g/mol. The zero-order valence-corrected chi connectivity index (χ0v) is 6.68. The van der Waals surface area contributed by atoms with E-state index >= 15 is 0 Å². The second-order valence-electron chi connectivity index (χ2n) is 2.35. The van der Waals surface area contributed by atoms with E-state index in [9.17, 15) is 0 Å². The average molecular weight is 149 g/mol. The maximum atomic E-state index is 7.44. The molecule has 1 rings (SSSR count). The van der Waals surface area contributed by atoms with Gasteiger partial charge in [-0.25, -0.2) is 0 Å². The standard InChI is InChI=1S/C8H11N3/c1-6-3-7(4-10-2)8(9)5-11-6/h3-5,9-10H,1-2H3/b7-4-,9-8?. The summed E-state index contributed by atoms with van der Waals surface area (Å²) in [7, 11) is 1.81. The number of rotatable bonds is 1. The summed E-state index contributed by atoms with van der Waals surface area (Å²) < 4.78 is 0. The molecule has 1 aliphatic rings. The van der Waals surface area contributed by atoms with Gasteiger partial charge in [0.05, 0.1) is 11.9 Å². The molecule has 0 saturated heterocycles. The number of hydrogen-bond acceptors (Lipinski definition) is 3. The molecule has 0 radical (unpaired) electrons. The van der Waals surface area contributed by atoms with Crippen molar-refractivity contribution >= 4 is 11.9 Å². The predicted molar refractivity (Wildman–Crippen MR) is 47.1 cm³/mol. The fourth-order valence-electron chi connectivity index (χ4n) is 0.856. The summed E-state index contributed by atoms with van der Waals surface area (Å²) in [6.45, 7) is 1.91. The molecule has 58 valence electrons. The van der Waals surface area contributed by atoms with Gasteiger partial charge in [-0.1, -0.05) is 0 Å². The van der Waals surface area contributed by atoms with E-state index in [0.29, 0.717) is 5.71 Å². The van der Waals surface area contributed by atoms with Crippen molar-refractivity contribution < 1.29 is 0 Å². The quantitative estimate of drug-likeness (QED) is 0.576. The average Bonchev–Trinajstić information content (AvgIpc) is 1.98. The van der Waals surface area contributed by atoms with Crippen LogP contribution in [0.4, 0.5) is 0 Å². The minimum atomic E-state index is 0.449. The van der Waals surface area contributed by atoms with Crippen LogP contribution in [0, 0.1) is 5.41 Å². The molecule has 0 aromatic rings. The largest absolute Gasteiger partial charge is 0.393 e. The Balaban J connectivity index is 2.90. The highest BCUT2D eigenvalue weighted by atomic mass is 14.8. The van der Waals surface area contributed by atoms with Crippen LogP contribution in [0.25, 0.3) is 0 Å². The molecule has 3 heteroatoms. The molecular weight excluding hydrogens is 138 g/mol. The summed E-state index contributed by atoms with van der Waals surface area (Å²) in [5, 5.41) is 10.3. The van der Waals surface area contributed by atoms with Gasteiger partial charge in [-0.3, -0.25) is 10.4 Å². The summed E-state index contributed by atoms with van der Waals surface area (Å²) in [6, 6.07) is 0. The Morgan fingerprint density at radius 2 is 2.36 bits per heavy atom. The van der Waals surface area contributed by atoms with E-state index < -0.39 is 0 Å². The molecule has 3 nitrogen and oxygen atoms in total. The van der Waals surface area contributed by atoms with Crippen molar-refractivity contribution in [2.45, 2.75) is 6.92 Å². The summed E-state index contributed by atoms with van der Waals surface area (Å²) in [5.74, 6) is 0. The lowest BCUT2D eigenvalue weighted by Gasteiger charge is -2.05. The van der Waals surface area contributed by atoms with Crippen LogP contribution in [0.3, 0.4) is 0 Å². The summed E-state index contributed by atoms with van der Waals surface area (Å²) in [6.07, 6.45) is 5.22. The van der Waals surface area contributed by atoms with Gasteiger partial charge in [0, 0.05) is 24.5 Å². The lowest BCUT2D eigenvalue weighted by atomic mass is 10.1. The van der Waals surface area contributed by atoms with Gasteiger partial charge in [-0.05, 0) is 13.0 Å². The van der Waals surface area contributed by atoms with Gasteiger partial charge < -0.3 is 5.32 Å². The lowest BCUT2D eigenvalue weighted by molar-refractivity contribution is 1.09. The maximum absolute atomic E-state index is 7.44. The first kappa shape index (κ1) is 7.72. The van der Waals surface area contributed by atoms with Crippen LogP contribution in [-0.4, -0.2) is 19.0 Å². The van der Waals surface area contributed by atoms with E-state index in [1.807, 2.05) is 20.0 Å². The molecule has 1 aliphatic heterocycles. The van der Waals surface area contributed by atoms with Gasteiger partial charge in [-0.2, -0.15) is 0 Å². The van der Waals surface area contributed by atoms with Crippen molar-refractivity contribution in [3.05, 3.63) is 23.5 Å². The topological polar surface area (TPSA) is 48.2 Å². The van der Waals surface area contributed by atoms with Crippen molar-refractivity contribution in [1.82, 2.24) is 5.32 Å². The van der Waals surface area contributed by atoms with E-state index in [4.69, 9.17) is 5.41 Å². The van der Waals surface area contributed by atoms with E-state index in [1.165, 1.54) is 0 Å². The fourth-order valence-corrected chi connectivity index (χ4v) is 0.856. The number of hydrogen-bond donors (Lipinski definition) is 2. The zero-order chi connectivity index (χ0) is 8.27. The van der Waals surface area contributed by atoms with Crippen molar-refractivity contribution in [2.24, 2.45) is 4.99 Å². The SMILES string of the molecule is CN/C=C1/C=C(C)N=CC1=N. The molecule has 11 heavy (non-hydrogen) atoms. The Morgan fingerprint density at radius 1 is 1.64 bits per heavy atom. The second kappa shape index (κ2) is 3.14. The van der Waals surface area contributed by atoms with Gasteiger partial charge in [0.1, 0.15) is 0 Å². The molecule has 0 spiro atoms. The molecule has 2 N–H and O–H groups in total. The Bertz CT molecular complexity index is 259. The van der Waals surface area contributed by atoms with Gasteiger partial charge >= 0.3 is 0 Å². The van der Waals surface area contributed by atoms with E-state index in [-0.39, 0.29) is 0 Å². The zero-order valence-electron chi connectivity index (χ0n) is 6.68. The van der Waals surface area contributed by atoms with Crippen molar-refractivity contribution in [3.8, 4) is 0 Å². The van der Waals surface area contributed by atoms with Crippen molar-refractivity contribution in [3.63, 3.8) is 0 Å². The summed E-state index contributed by atoms with van der Waals surface area (Å²) >= 11 is 0. The predicted octanol–water partition coefficient (Wildman–Crippen LogP) is 1.10. The molecule has 0 aromatic heterocycles. The molecular formula is C8H11N3. The Morgan fingerprint density at radius 3 is 3.00 bits per heavy atom. The van der Waals surface area contributed by atoms with E-state index in [2.05, 4.69) is 10.3 Å². The third-order valence-corrected chi connectivity index (χ3v) is 1.37. The third-order valence-electron chi connectivity index (χ3n) is 1.37. The lowest BCUT2D eigenvalue weighted by Crippen LogP contribution is -2.08. The molecule has 0 atom stereocenters. The first-order chi connectivity index (χ1) is 5.24. The van der Waals surface area contributed by atoms with E-state index in [1.54, 1.807) is 12.4 Å². The first-order valence-electron chi connectivity index (χ1n) is 3.43. The molecule has 0 fully saturated rings. The van der Waals surface area contributed by atoms with Crippen LogP contribution in [0.1, 0.15) is 6.92 Å². The Hall–Kier alpha value is -1.38. The minimum Gasteiger partial charge on any atom is -0.393 e. The minimum absolute atomic E-state index is 0.449. The van der Waals surface area contributed by atoms with Crippen LogP contribution in [0.15, 0.2) is 28.5 Å². The van der Waals surface area contributed by atoms with Crippen molar-refractivity contribution in [2.75, 3.05) is 7.05 Å². The molecule has 0 aliphatic carbocycles. The van der Waals surface area contributed by atoms with Gasteiger partial charge in [0.2, 0.25) is 0 Å². The second-order valence-corrected chi connectivity index (χ2v) is 2.35. The van der Waals surface area contributed by atoms with Crippen LogP contribution >= 0.6 is 0 Å². The highest BCUT2D eigenvalue weighted by Crippen LogP contribution is 2.08. The van der Waals surface area contributed by atoms with Gasteiger partial charge in [0.25, 0.3) is 0 Å². The summed E-state index contributed by atoms with van der Waals surface area (Å²) in [5.41, 5.74) is 2.26. The van der Waals surface area contributed by atoms with Gasteiger partial charge in [-0.15, -0.1) is 0 Å². The molecule has 0 unspecified atom stereocenters. The fraction of sp³-hybridized carbons (Fsp3) is 0.250. The molecule has 1 heterocycles. The Kier molecular flexibility index (Phi) is 2.21. The number of allylic oxidation sites excluding steroid dienone is 3. The first-order valence-corrected chi connectivity index (χ1v) is 3.43. The van der Waals surface area contributed by atoms with Gasteiger partial charge in [0.15, 0.2) is 0 Å².